The van der Waals surface area contributed by atoms with Gasteiger partial charge in [-0.05, 0) is 11.0 Å². The molecule has 0 radical (unpaired) electrons. The minimum Gasteiger partial charge on any atom is -0.199 e. The molecule has 0 aliphatic carbocycles. The van der Waals surface area contributed by atoms with Gasteiger partial charge in [-0.2, -0.15) is 49.2 Å². The van der Waals surface area contributed by atoms with Crippen LogP contribution < -0.4 is 0 Å². The van der Waals surface area contributed by atoms with Crippen LogP contribution in [-0.4, -0.2) is 11.0 Å². The first-order chi connectivity index (χ1) is 6.79. The third-order valence-corrected chi connectivity index (χ3v) is 1.69. The standard InChI is InChI=1S/2C7H7.Hf.H4Si/c2*1-7-5-3-2-4-6-7;;/h2*2-6H,1H2;;1H4/q2*-1;;. The van der Waals surface area contributed by atoms with Crippen LogP contribution >= 0.6 is 0 Å². The Bertz CT molecular complexity index is 308. The van der Waals surface area contributed by atoms with Gasteiger partial charge in [0.1, 0.15) is 0 Å². The number of hydrogen-bond acceptors (Lipinski definition) is 0. The summed E-state index contributed by atoms with van der Waals surface area (Å²) in [5.41, 5.74) is 2.14. The molecule has 0 bridgehead atoms. The Morgan fingerprint density at radius 2 is 0.812 bits per heavy atom. The molecule has 0 unspecified atom stereocenters. The van der Waals surface area contributed by atoms with Gasteiger partial charge in [-0.1, -0.05) is 12.1 Å². The van der Waals surface area contributed by atoms with Crippen molar-refractivity contribution >= 4 is 11.0 Å². The Hall–Kier alpha value is -0.733. The molecule has 0 amide bonds. The molecule has 0 heterocycles. The molecule has 0 saturated carbocycles. The van der Waals surface area contributed by atoms with E-state index >= 15 is 0 Å². The normalized spacial score (nSPS) is 7.50. The summed E-state index contributed by atoms with van der Waals surface area (Å²) in [4.78, 5) is 0. The Morgan fingerprint density at radius 1 is 0.562 bits per heavy atom. The monoisotopic (exact) mass is 394 g/mol. The second-order valence-electron chi connectivity index (χ2n) is 2.97. The number of benzene rings is 2. The summed E-state index contributed by atoms with van der Waals surface area (Å²) in [6.45, 7) is 7.44. The van der Waals surface area contributed by atoms with Crippen LogP contribution in [0.2, 0.25) is 0 Å². The van der Waals surface area contributed by atoms with E-state index in [4.69, 9.17) is 0 Å². The molecule has 0 spiro atoms. The molecule has 0 atom stereocenters. The van der Waals surface area contributed by atoms with E-state index in [0.29, 0.717) is 0 Å². The van der Waals surface area contributed by atoms with E-state index < -0.39 is 0 Å². The van der Waals surface area contributed by atoms with Crippen LogP contribution in [-0.2, 0) is 25.8 Å². The average molecular weight is 393 g/mol. The van der Waals surface area contributed by atoms with Crippen LogP contribution in [0.3, 0.4) is 0 Å². The van der Waals surface area contributed by atoms with Crippen molar-refractivity contribution in [3.05, 3.63) is 85.6 Å². The van der Waals surface area contributed by atoms with Gasteiger partial charge >= 0.3 is 0 Å². The van der Waals surface area contributed by atoms with Crippen LogP contribution in [0.1, 0.15) is 11.1 Å². The minimum atomic E-state index is 0. The first-order valence-corrected chi connectivity index (χ1v) is 4.53. The quantitative estimate of drug-likeness (QED) is 0.476. The molecule has 2 rings (SSSR count). The molecular weight excluding hydrogens is 375 g/mol. The summed E-state index contributed by atoms with van der Waals surface area (Å²) < 4.78 is 0. The SMILES string of the molecule is [CH2-]c1ccccc1.[CH2-]c1ccccc1.[Hf].[SiH4]. The van der Waals surface area contributed by atoms with Crippen molar-refractivity contribution in [1.82, 2.24) is 0 Å². The number of rotatable bonds is 0. The van der Waals surface area contributed by atoms with E-state index in [-0.39, 0.29) is 36.8 Å². The van der Waals surface area contributed by atoms with Crippen molar-refractivity contribution in [3.8, 4) is 0 Å². The van der Waals surface area contributed by atoms with Crippen molar-refractivity contribution in [2.75, 3.05) is 0 Å². The summed E-state index contributed by atoms with van der Waals surface area (Å²) >= 11 is 0. The maximum atomic E-state index is 3.72. The Kier molecular flexibility index (Phi) is 11.9. The number of hydrogen-bond donors (Lipinski definition) is 0. The van der Waals surface area contributed by atoms with E-state index in [1.807, 2.05) is 60.7 Å². The van der Waals surface area contributed by atoms with E-state index in [1.54, 1.807) is 0 Å². The molecule has 0 saturated heterocycles. The van der Waals surface area contributed by atoms with Crippen molar-refractivity contribution in [2.24, 2.45) is 0 Å². The molecule has 2 heteroatoms. The molecule has 2 aromatic carbocycles. The largest absolute Gasteiger partial charge is 0.199 e. The Labute approximate surface area is 122 Å². The first kappa shape index (κ1) is 17.7. The summed E-state index contributed by atoms with van der Waals surface area (Å²) in [6, 6.07) is 19.7. The maximum absolute atomic E-state index is 3.72. The van der Waals surface area contributed by atoms with E-state index in [1.165, 1.54) is 0 Å². The summed E-state index contributed by atoms with van der Waals surface area (Å²) in [7, 11) is 0. The predicted molar refractivity (Wildman–Crippen MR) is 73.1 cm³/mol. The zero-order valence-corrected chi connectivity index (χ0v) is 12.3. The first-order valence-electron chi connectivity index (χ1n) is 4.53. The molecule has 0 aliphatic heterocycles. The fraction of sp³-hybridized carbons (Fsp3) is 0. The third-order valence-electron chi connectivity index (χ3n) is 1.69. The summed E-state index contributed by atoms with van der Waals surface area (Å²) in [6.07, 6.45) is 0. The smallest absolute Gasteiger partial charge is 0 e. The van der Waals surface area contributed by atoms with Crippen molar-refractivity contribution in [2.45, 2.75) is 0 Å². The fourth-order valence-electron chi connectivity index (χ4n) is 0.956. The third kappa shape index (κ3) is 8.57. The van der Waals surface area contributed by atoms with Gasteiger partial charge in [-0.25, -0.2) is 0 Å². The van der Waals surface area contributed by atoms with Gasteiger partial charge < -0.3 is 0 Å². The zero-order chi connectivity index (χ0) is 10.2. The van der Waals surface area contributed by atoms with Crippen molar-refractivity contribution in [3.63, 3.8) is 0 Å². The summed E-state index contributed by atoms with van der Waals surface area (Å²) in [5.74, 6) is 0. The molecule has 0 aromatic heterocycles. The van der Waals surface area contributed by atoms with Gasteiger partial charge in [0.05, 0.1) is 0 Å². The van der Waals surface area contributed by atoms with Crippen molar-refractivity contribution in [1.29, 1.82) is 0 Å². The molecule has 84 valence electrons. The van der Waals surface area contributed by atoms with Crippen LogP contribution in [0.25, 0.3) is 0 Å². The van der Waals surface area contributed by atoms with Gasteiger partial charge in [0.15, 0.2) is 0 Å². The average Bonchev–Trinajstić information content (AvgIpc) is 2.21. The Morgan fingerprint density at radius 3 is 0.938 bits per heavy atom. The maximum Gasteiger partial charge on any atom is 0 e. The van der Waals surface area contributed by atoms with Crippen molar-refractivity contribution < 1.29 is 25.8 Å². The van der Waals surface area contributed by atoms with E-state index in [2.05, 4.69) is 13.8 Å². The van der Waals surface area contributed by atoms with Gasteiger partial charge in [-0.3, -0.25) is 0 Å². The molecule has 16 heavy (non-hydrogen) atoms. The van der Waals surface area contributed by atoms with Gasteiger partial charge in [0.25, 0.3) is 0 Å². The van der Waals surface area contributed by atoms with Gasteiger partial charge in [0, 0.05) is 25.8 Å². The molecule has 0 N–H and O–H groups in total. The molecular formula is C14H18HfSi-2. The molecule has 2 aromatic rings. The molecule has 0 nitrogen and oxygen atoms in total. The van der Waals surface area contributed by atoms with Gasteiger partial charge in [-0.15, -0.1) is 24.3 Å². The zero-order valence-electron chi connectivity index (χ0n) is 8.69. The van der Waals surface area contributed by atoms with Crippen LogP contribution in [0, 0.1) is 13.8 Å². The van der Waals surface area contributed by atoms with E-state index in [9.17, 15) is 0 Å². The fourth-order valence-corrected chi connectivity index (χ4v) is 0.956. The predicted octanol–water partition coefficient (Wildman–Crippen LogP) is 2.28. The van der Waals surface area contributed by atoms with Crippen LogP contribution in [0.5, 0.6) is 0 Å². The van der Waals surface area contributed by atoms with Gasteiger partial charge in [0.2, 0.25) is 0 Å². The molecule has 0 fully saturated rings. The topological polar surface area (TPSA) is 0 Å². The Balaban J connectivity index is 0. The second-order valence-corrected chi connectivity index (χ2v) is 2.97. The second kappa shape index (κ2) is 10.8. The molecule has 0 aliphatic rings. The van der Waals surface area contributed by atoms with Crippen LogP contribution in [0.15, 0.2) is 60.7 Å². The van der Waals surface area contributed by atoms with E-state index in [0.717, 1.165) is 11.1 Å². The summed E-state index contributed by atoms with van der Waals surface area (Å²) in [5, 5.41) is 0. The minimum absolute atomic E-state index is 0. The van der Waals surface area contributed by atoms with Crippen LogP contribution in [0.4, 0.5) is 0 Å².